The number of nitro benzene ring substituents is 1. The third kappa shape index (κ3) is 3.44. The van der Waals surface area contributed by atoms with Crippen LogP contribution in [0.25, 0.3) is 0 Å². The number of nitrogens with zero attached hydrogens (tertiary/aromatic N) is 1. The molecule has 2 aliphatic rings. The SMILES string of the molecule is O=[N+]([O-])c1cccc(C2(C3CCCCC3)CCCCC2)c1S(=O)(=O)O. The Bertz CT molecular complexity index is 747. The number of benzene rings is 1. The second kappa shape index (κ2) is 7.03. The first kappa shape index (κ1) is 18.3. The fourth-order valence-corrected chi connectivity index (χ4v) is 6.02. The van der Waals surface area contributed by atoms with Gasteiger partial charge in [-0.2, -0.15) is 8.42 Å². The average Bonchev–Trinajstić information content (AvgIpc) is 2.61. The van der Waals surface area contributed by atoms with Crippen LogP contribution in [0.5, 0.6) is 0 Å². The van der Waals surface area contributed by atoms with Crippen molar-refractivity contribution in [3.05, 3.63) is 33.9 Å². The Morgan fingerprint density at radius 3 is 2.20 bits per heavy atom. The van der Waals surface area contributed by atoms with Crippen LogP contribution in [0, 0.1) is 16.0 Å². The van der Waals surface area contributed by atoms with E-state index in [0.717, 1.165) is 57.8 Å². The van der Waals surface area contributed by atoms with Gasteiger partial charge in [-0.1, -0.05) is 50.7 Å². The quantitative estimate of drug-likeness (QED) is 0.475. The number of rotatable bonds is 4. The van der Waals surface area contributed by atoms with Crippen LogP contribution in [0.1, 0.15) is 69.8 Å². The van der Waals surface area contributed by atoms with Crippen LogP contribution in [-0.4, -0.2) is 17.9 Å². The van der Waals surface area contributed by atoms with Crippen molar-refractivity contribution in [2.75, 3.05) is 0 Å². The fraction of sp³-hybridized carbons (Fsp3) is 0.667. The molecule has 0 bridgehead atoms. The Morgan fingerprint density at radius 2 is 1.64 bits per heavy atom. The molecule has 0 heterocycles. The lowest BCUT2D eigenvalue weighted by atomic mass is 9.58. The number of hydrogen-bond donors (Lipinski definition) is 1. The summed E-state index contributed by atoms with van der Waals surface area (Å²) in [5.41, 5.74) is -0.424. The van der Waals surface area contributed by atoms with Crippen molar-refractivity contribution in [1.29, 1.82) is 0 Å². The minimum atomic E-state index is -4.68. The minimum Gasteiger partial charge on any atom is -0.282 e. The van der Waals surface area contributed by atoms with Gasteiger partial charge in [0.05, 0.1) is 4.92 Å². The zero-order chi connectivity index (χ0) is 18.1. The van der Waals surface area contributed by atoms with E-state index in [1.165, 1.54) is 12.5 Å². The maximum atomic E-state index is 12.1. The molecule has 2 saturated carbocycles. The van der Waals surface area contributed by atoms with Gasteiger partial charge in [-0.25, -0.2) is 0 Å². The first-order valence-electron chi connectivity index (χ1n) is 9.12. The van der Waals surface area contributed by atoms with Gasteiger partial charge in [-0.15, -0.1) is 0 Å². The Labute approximate surface area is 148 Å². The maximum Gasteiger partial charge on any atom is 0.301 e. The summed E-state index contributed by atoms with van der Waals surface area (Å²) in [5, 5.41) is 11.4. The van der Waals surface area contributed by atoms with Crippen LogP contribution in [0.4, 0.5) is 5.69 Å². The molecule has 0 aliphatic heterocycles. The van der Waals surface area contributed by atoms with Crippen molar-refractivity contribution in [2.45, 2.75) is 74.5 Å². The molecule has 1 aromatic rings. The van der Waals surface area contributed by atoms with E-state index in [1.807, 2.05) is 0 Å². The maximum absolute atomic E-state index is 12.1. The highest BCUT2D eigenvalue weighted by molar-refractivity contribution is 7.86. The fourth-order valence-electron chi connectivity index (χ4n) is 5.07. The van der Waals surface area contributed by atoms with Gasteiger partial charge in [-0.3, -0.25) is 14.7 Å². The third-order valence-electron chi connectivity index (χ3n) is 6.12. The van der Waals surface area contributed by atoms with Gasteiger partial charge in [0, 0.05) is 6.07 Å². The molecule has 0 atom stereocenters. The standard InChI is InChI=1S/C18H25NO5S/c20-19(21)16-11-7-10-15(17(16)25(22,23)24)18(12-5-2-6-13-18)14-8-3-1-4-9-14/h7,10-11,14H,1-6,8-9,12-13H2,(H,22,23,24). The summed E-state index contributed by atoms with van der Waals surface area (Å²) < 4.78 is 34.0. The summed E-state index contributed by atoms with van der Waals surface area (Å²) in [6.45, 7) is 0. The molecule has 3 rings (SSSR count). The average molecular weight is 367 g/mol. The zero-order valence-corrected chi connectivity index (χ0v) is 15.1. The molecule has 0 saturated heterocycles. The predicted molar refractivity (Wildman–Crippen MR) is 94.2 cm³/mol. The van der Waals surface area contributed by atoms with Crippen LogP contribution >= 0.6 is 0 Å². The smallest absolute Gasteiger partial charge is 0.282 e. The van der Waals surface area contributed by atoms with Gasteiger partial charge in [0.2, 0.25) is 0 Å². The molecule has 0 spiro atoms. The highest BCUT2D eigenvalue weighted by Gasteiger charge is 2.46. The topological polar surface area (TPSA) is 97.5 Å². The molecule has 0 unspecified atom stereocenters. The summed E-state index contributed by atoms with van der Waals surface area (Å²) in [6.07, 6.45) is 10.2. The van der Waals surface area contributed by atoms with E-state index in [0.29, 0.717) is 11.5 Å². The van der Waals surface area contributed by atoms with Crippen LogP contribution < -0.4 is 0 Å². The van der Waals surface area contributed by atoms with E-state index in [9.17, 15) is 23.1 Å². The van der Waals surface area contributed by atoms with E-state index in [2.05, 4.69) is 0 Å². The van der Waals surface area contributed by atoms with Crippen LogP contribution in [0.3, 0.4) is 0 Å². The summed E-state index contributed by atoms with van der Waals surface area (Å²) in [7, 11) is -4.68. The molecule has 25 heavy (non-hydrogen) atoms. The van der Waals surface area contributed by atoms with Crippen molar-refractivity contribution in [3.63, 3.8) is 0 Å². The predicted octanol–water partition coefficient (Wildman–Crippen LogP) is 4.62. The molecule has 2 aliphatic carbocycles. The van der Waals surface area contributed by atoms with Gasteiger partial charge in [0.15, 0.2) is 4.90 Å². The lowest BCUT2D eigenvalue weighted by Crippen LogP contribution is -2.39. The van der Waals surface area contributed by atoms with Gasteiger partial charge in [0.1, 0.15) is 0 Å². The Morgan fingerprint density at radius 1 is 1.04 bits per heavy atom. The molecule has 2 fully saturated rings. The summed E-state index contributed by atoms with van der Waals surface area (Å²) in [5.74, 6) is 0.323. The summed E-state index contributed by atoms with van der Waals surface area (Å²) in [4.78, 5) is 10.2. The van der Waals surface area contributed by atoms with Crippen LogP contribution in [-0.2, 0) is 15.5 Å². The van der Waals surface area contributed by atoms with Crippen molar-refractivity contribution >= 4 is 15.8 Å². The van der Waals surface area contributed by atoms with E-state index < -0.39 is 25.6 Å². The molecular formula is C18H25NO5S. The summed E-state index contributed by atoms with van der Waals surface area (Å²) >= 11 is 0. The van der Waals surface area contributed by atoms with Crippen molar-refractivity contribution < 1.29 is 17.9 Å². The van der Waals surface area contributed by atoms with Crippen molar-refractivity contribution in [3.8, 4) is 0 Å². The van der Waals surface area contributed by atoms with Crippen LogP contribution in [0.15, 0.2) is 23.1 Å². The zero-order valence-electron chi connectivity index (χ0n) is 14.3. The monoisotopic (exact) mass is 367 g/mol. The van der Waals surface area contributed by atoms with Gasteiger partial charge in [-0.05, 0) is 42.6 Å². The normalized spacial score (nSPS) is 21.8. The first-order chi connectivity index (χ1) is 11.9. The van der Waals surface area contributed by atoms with Crippen molar-refractivity contribution in [1.82, 2.24) is 0 Å². The third-order valence-corrected chi connectivity index (χ3v) is 7.06. The highest BCUT2D eigenvalue weighted by atomic mass is 32.2. The second-order valence-electron chi connectivity index (χ2n) is 7.44. The largest absolute Gasteiger partial charge is 0.301 e. The summed E-state index contributed by atoms with van der Waals surface area (Å²) in [6, 6.07) is 4.42. The van der Waals surface area contributed by atoms with Gasteiger partial charge < -0.3 is 0 Å². The van der Waals surface area contributed by atoms with Gasteiger partial charge in [0.25, 0.3) is 5.69 Å². The molecular weight excluding hydrogens is 342 g/mol. The van der Waals surface area contributed by atoms with Gasteiger partial charge >= 0.3 is 10.1 Å². The molecule has 0 radical (unpaired) electrons. The van der Waals surface area contributed by atoms with Crippen molar-refractivity contribution in [2.24, 2.45) is 5.92 Å². The Hall–Kier alpha value is -1.47. The first-order valence-corrected chi connectivity index (χ1v) is 10.6. The van der Waals surface area contributed by atoms with E-state index in [1.54, 1.807) is 12.1 Å². The van der Waals surface area contributed by atoms with E-state index >= 15 is 0 Å². The lowest BCUT2D eigenvalue weighted by molar-refractivity contribution is -0.388. The number of hydrogen-bond acceptors (Lipinski definition) is 4. The second-order valence-corrected chi connectivity index (χ2v) is 8.80. The molecule has 138 valence electrons. The number of nitro groups is 1. The lowest BCUT2D eigenvalue weighted by Gasteiger charge is -2.46. The van der Waals surface area contributed by atoms with E-state index in [-0.39, 0.29) is 5.41 Å². The minimum absolute atomic E-state index is 0.323. The molecule has 7 heteroatoms. The molecule has 1 aromatic carbocycles. The molecule has 6 nitrogen and oxygen atoms in total. The Balaban J connectivity index is 2.22. The molecule has 0 amide bonds. The molecule has 1 N–H and O–H groups in total. The molecule has 0 aromatic heterocycles. The van der Waals surface area contributed by atoms with Crippen LogP contribution in [0.2, 0.25) is 0 Å². The van der Waals surface area contributed by atoms with E-state index in [4.69, 9.17) is 0 Å². The Kier molecular flexibility index (Phi) is 5.16. The highest BCUT2D eigenvalue weighted by Crippen LogP contribution is 2.52.